The molecule has 1 aliphatic heterocycles. The fourth-order valence-corrected chi connectivity index (χ4v) is 5.95. The monoisotopic (exact) mass is 383 g/mol. The number of unbranched alkanes of at least 4 members (excludes halogenated alkanes) is 1. The fraction of sp³-hybridized carbons (Fsp3) is 0.680. The lowest BCUT2D eigenvalue weighted by atomic mass is 9.43. The Bertz CT molecular complexity index is 779. The van der Waals surface area contributed by atoms with Gasteiger partial charge in [0.05, 0.1) is 0 Å². The minimum absolute atomic E-state index is 0.0986. The van der Waals surface area contributed by atoms with Crippen molar-refractivity contribution in [3.05, 3.63) is 35.4 Å². The highest BCUT2D eigenvalue weighted by Gasteiger charge is 2.63. The number of hydrogen-bond acceptors (Lipinski definition) is 3. The second-order valence-electron chi connectivity index (χ2n) is 10.4. The van der Waals surface area contributed by atoms with Crippen LogP contribution in [0.4, 0.5) is 0 Å². The van der Waals surface area contributed by atoms with Gasteiger partial charge >= 0.3 is 0 Å². The van der Waals surface area contributed by atoms with E-state index in [1.165, 1.54) is 36.0 Å². The zero-order chi connectivity index (χ0) is 20.3. The highest BCUT2D eigenvalue weighted by atomic mass is 16.5. The highest BCUT2D eigenvalue weighted by molar-refractivity contribution is 5.58. The molecule has 0 radical (unpaired) electrons. The molecule has 0 aromatic heterocycles. The molecular formula is C25H37NO2. The van der Waals surface area contributed by atoms with Crippen LogP contribution in [0.15, 0.2) is 24.3 Å². The summed E-state index contributed by atoms with van der Waals surface area (Å²) in [4.78, 5) is 0. The van der Waals surface area contributed by atoms with E-state index < -0.39 is 0 Å². The summed E-state index contributed by atoms with van der Waals surface area (Å²) in [5.41, 5.74) is 10.0. The van der Waals surface area contributed by atoms with Crippen molar-refractivity contribution in [3.63, 3.8) is 0 Å². The fourth-order valence-electron chi connectivity index (χ4n) is 5.95. The lowest BCUT2D eigenvalue weighted by Crippen LogP contribution is -2.57. The van der Waals surface area contributed by atoms with E-state index in [0.717, 1.165) is 17.9 Å². The number of ether oxygens (including phenoxy) is 2. The number of benzene rings is 1. The quantitative estimate of drug-likeness (QED) is 0.626. The van der Waals surface area contributed by atoms with Crippen molar-refractivity contribution in [2.45, 2.75) is 77.7 Å². The maximum atomic E-state index is 6.57. The normalized spacial score (nSPS) is 29.6. The van der Waals surface area contributed by atoms with E-state index in [2.05, 4.69) is 53.3 Å². The Labute approximate surface area is 170 Å². The average Bonchev–Trinajstić information content (AvgIpc) is 3.04. The van der Waals surface area contributed by atoms with Gasteiger partial charge in [-0.05, 0) is 58.8 Å². The first kappa shape index (κ1) is 19.8. The molecular weight excluding hydrogens is 346 g/mol. The van der Waals surface area contributed by atoms with Crippen LogP contribution in [0.5, 0.6) is 11.5 Å². The Morgan fingerprint density at radius 2 is 2.07 bits per heavy atom. The van der Waals surface area contributed by atoms with E-state index in [9.17, 15) is 0 Å². The van der Waals surface area contributed by atoms with Crippen molar-refractivity contribution in [1.82, 2.24) is 0 Å². The molecule has 2 bridgehead atoms. The molecule has 1 heterocycles. The van der Waals surface area contributed by atoms with E-state index in [1.54, 1.807) is 0 Å². The van der Waals surface area contributed by atoms with Gasteiger partial charge in [0.25, 0.3) is 0 Å². The Kier molecular flexibility index (Phi) is 4.81. The van der Waals surface area contributed by atoms with Gasteiger partial charge in [0.2, 0.25) is 0 Å². The Balaban J connectivity index is 1.77. The molecule has 1 aromatic carbocycles. The molecule has 3 heteroatoms. The largest absolute Gasteiger partial charge is 0.492 e. The smallest absolute Gasteiger partial charge is 0.127 e. The molecule has 28 heavy (non-hydrogen) atoms. The number of hydrogen-bond donors (Lipinski definition) is 1. The summed E-state index contributed by atoms with van der Waals surface area (Å²) in [5.74, 6) is 3.59. The van der Waals surface area contributed by atoms with Crippen LogP contribution in [0.25, 0.3) is 0 Å². The SMILES string of the molecule is C=C1[C@@H]2Oc3cc(C(C)(C)CCCC)cc(OCCN)c3[C@@H]2[C@H]2C[C@@H]1C2(C)C. The minimum atomic E-state index is 0.0986. The second kappa shape index (κ2) is 6.79. The van der Waals surface area contributed by atoms with E-state index in [-0.39, 0.29) is 11.5 Å². The third kappa shape index (κ3) is 2.81. The van der Waals surface area contributed by atoms with Crippen LogP contribution in [0.2, 0.25) is 0 Å². The second-order valence-corrected chi connectivity index (χ2v) is 10.4. The van der Waals surface area contributed by atoms with Crippen LogP contribution in [0, 0.1) is 17.3 Å². The van der Waals surface area contributed by atoms with Crippen molar-refractivity contribution in [1.29, 1.82) is 0 Å². The molecule has 4 aliphatic rings. The summed E-state index contributed by atoms with van der Waals surface area (Å²) in [7, 11) is 0. The Morgan fingerprint density at radius 1 is 1.32 bits per heavy atom. The molecule has 0 spiro atoms. The zero-order valence-corrected chi connectivity index (χ0v) is 18.3. The summed E-state index contributed by atoms with van der Waals surface area (Å²) in [6, 6.07) is 4.56. The highest BCUT2D eigenvalue weighted by Crippen LogP contribution is 2.69. The number of rotatable bonds is 7. The summed E-state index contributed by atoms with van der Waals surface area (Å²) >= 11 is 0. The molecule has 0 amide bonds. The molecule has 4 atom stereocenters. The van der Waals surface area contributed by atoms with Crippen molar-refractivity contribution in [2.24, 2.45) is 23.0 Å². The van der Waals surface area contributed by atoms with Crippen molar-refractivity contribution < 1.29 is 9.47 Å². The van der Waals surface area contributed by atoms with Crippen LogP contribution < -0.4 is 15.2 Å². The summed E-state index contributed by atoms with van der Waals surface area (Å²) < 4.78 is 12.8. The maximum Gasteiger partial charge on any atom is 0.127 e. The van der Waals surface area contributed by atoms with Gasteiger partial charge in [0.15, 0.2) is 0 Å². The van der Waals surface area contributed by atoms with E-state index in [1.807, 2.05) is 0 Å². The van der Waals surface area contributed by atoms with Gasteiger partial charge in [-0.15, -0.1) is 0 Å². The van der Waals surface area contributed by atoms with Gasteiger partial charge in [-0.2, -0.15) is 0 Å². The predicted molar refractivity (Wildman–Crippen MR) is 115 cm³/mol. The predicted octanol–water partition coefficient (Wildman–Crippen LogP) is 5.57. The summed E-state index contributed by atoms with van der Waals surface area (Å²) in [6.07, 6.45) is 4.94. The standard InChI is InChI=1S/C25H37NO2/c1-7-8-9-24(3,4)16-12-19(27-11-10-26)22-20(13-16)28-23-15(2)17-14-18(21(22)23)25(17,5)6/h12-13,17-18,21,23H,2,7-11,14,26H2,1,3-6H3/t17-,18+,21-,23-/m0/s1. The Morgan fingerprint density at radius 3 is 2.71 bits per heavy atom. The van der Waals surface area contributed by atoms with E-state index >= 15 is 0 Å². The van der Waals surface area contributed by atoms with Gasteiger partial charge in [-0.25, -0.2) is 0 Å². The lowest BCUT2D eigenvalue weighted by Gasteiger charge is -2.61. The third-order valence-corrected chi connectivity index (χ3v) is 7.92. The van der Waals surface area contributed by atoms with Gasteiger partial charge in [-0.1, -0.05) is 54.0 Å². The Hall–Kier alpha value is -1.48. The molecule has 3 aliphatic carbocycles. The average molecular weight is 384 g/mol. The molecule has 3 saturated carbocycles. The van der Waals surface area contributed by atoms with Crippen molar-refractivity contribution in [3.8, 4) is 11.5 Å². The first-order valence-electron chi connectivity index (χ1n) is 11.1. The lowest BCUT2D eigenvalue weighted by molar-refractivity contribution is -0.0727. The van der Waals surface area contributed by atoms with Crippen molar-refractivity contribution >= 4 is 0 Å². The molecule has 5 rings (SSSR count). The number of nitrogens with two attached hydrogens (primary N) is 1. The maximum absolute atomic E-state index is 6.57. The van der Waals surface area contributed by atoms with Crippen molar-refractivity contribution in [2.75, 3.05) is 13.2 Å². The van der Waals surface area contributed by atoms with Crippen LogP contribution in [-0.2, 0) is 5.41 Å². The summed E-state index contributed by atoms with van der Waals surface area (Å²) in [5, 5.41) is 0. The number of fused-ring (bicyclic) bond motifs is 1. The summed E-state index contributed by atoms with van der Waals surface area (Å²) in [6.45, 7) is 17.2. The first-order valence-corrected chi connectivity index (χ1v) is 11.1. The molecule has 0 saturated heterocycles. The topological polar surface area (TPSA) is 44.5 Å². The minimum Gasteiger partial charge on any atom is -0.492 e. The first-order chi connectivity index (χ1) is 13.2. The third-order valence-electron chi connectivity index (χ3n) is 7.92. The molecule has 154 valence electrons. The molecule has 1 aromatic rings. The van der Waals surface area contributed by atoms with E-state index in [4.69, 9.17) is 15.2 Å². The van der Waals surface area contributed by atoms with Gasteiger partial charge in [-0.3, -0.25) is 0 Å². The van der Waals surface area contributed by atoms with Crippen LogP contribution in [0.1, 0.15) is 77.3 Å². The van der Waals surface area contributed by atoms with Gasteiger partial charge in [0.1, 0.15) is 24.2 Å². The zero-order valence-electron chi connectivity index (χ0n) is 18.3. The van der Waals surface area contributed by atoms with Gasteiger partial charge < -0.3 is 15.2 Å². The van der Waals surface area contributed by atoms with Crippen LogP contribution in [-0.4, -0.2) is 19.3 Å². The van der Waals surface area contributed by atoms with Crippen LogP contribution >= 0.6 is 0 Å². The van der Waals surface area contributed by atoms with E-state index in [0.29, 0.717) is 36.3 Å². The molecule has 3 nitrogen and oxygen atoms in total. The molecule has 0 unspecified atom stereocenters. The molecule has 3 fully saturated rings. The van der Waals surface area contributed by atoms with Crippen LogP contribution in [0.3, 0.4) is 0 Å². The molecule has 2 N–H and O–H groups in total. The van der Waals surface area contributed by atoms with Gasteiger partial charge in [0, 0.05) is 18.0 Å².